The van der Waals surface area contributed by atoms with Gasteiger partial charge in [-0.25, -0.2) is 0 Å². The Morgan fingerprint density at radius 3 is 2.21 bits per heavy atom. The molecular formula is C14H26. The minimum absolute atomic E-state index is 0.781. The quantitative estimate of drug-likeness (QED) is 0.515. The van der Waals surface area contributed by atoms with Crippen LogP contribution in [0.2, 0.25) is 0 Å². The zero-order chi connectivity index (χ0) is 11.0. The lowest BCUT2D eigenvalue weighted by Crippen LogP contribution is -1.92. The maximum absolute atomic E-state index is 2.32. The van der Waals surface area contributed by atoms with Crippen molar-refractivity contribution in [2.24, 2.45) is 5.92 Å². The van der Waals surface area contributed by atoms with E-state index in [2.05, 4.69) is 46.8 Å². The van der Waals surface area contributed by atoms with Crippen LogP contribution in [0.25, 0.3) is 0 Å². The second-order valence-electron chi connectivity index (χ2n) is 4.77. The number of rotatable bonds is 6. The average Bonchev–Trinajstić information content (AvgIpc) is 2.09. The molecule has 0 aromatic heterocycles. The molecule has 0 aliphatic carbocycles. The Balaban J connectivity index is 4.22. The second kappa shape index (κ2) is 7.84. The van der Waals surface area contributed by atoms with Crippen molar-refractivity contribution in [3.05, 3.63) is 23.3 Å². The van der Waals surface area contributed by atoms with Crippen molar-refractivity contribution in [1.29, 1.82) is 0 Å². The molecule has 14 heavy (non-hydrogen) atoms. The molecule has 0 unspecified atom stereocenters. The summed E-state index contributed by atoms with van der Waals surface area (Å²) < 4.78 is 0. The van der Waals surface area contributed by atoms with Gasteiger partial charge in [-0.05, 0) is 39.0 Å². The van der Waals surface area contributed by atoms with Crippen LogP contribution in [0.1, 0.15) is 60.3 Å². The molecular weight excluding hydrogens is 168 g/mol. The molecule has 0 amide bonds. The highest BCUT2D eigenvalue weighted by molar-refractivity contribution is 5.16. The van der Waals surface area contributed by atoms with Crippen molar-refractivity contribution >= 4 is 0 Å². The van der Waals surface area contributed by atoms with Gasteiger partial charge in [-0.2, -0.15) is 0 Å². The minimum atomic E-state index is 0.781. The van der Waals surface area contributed by atoms with Gasteiger partial charge in [0.1, 0.15) is 0 Å². The summed E-state index contributed by atoms with van der Waals surface area (Å²) in [5, 5.41) is 0. The normalized spacial score (nSPS) is 12.0. The van der Waals surface area contributed by atoms with Gasteiger partial charge in [0.15, 0.2) is 0 Å². The summed E-state index contributed by atoms with van der Waals surface area (Å²) in [5.74, 6) is 0.781. The van der Waals surface area contributed by atoms with Crippen molar-refractivity contribution in [2.45, 2.75) is 60.3 Å². The molecule has 0 fully saturated rings. The van der Waals surface area contributed by atoms with Gasteiger partial charge in [0.05, 0.1) is 0 Å². The van der Waals surface area contributed by atoms with E-state index < -0.39 is 0 Å². The SMILES string of the molecule is CCCCC(=CC=C(C)C)CC(C)C. The third-order valence-corrected chi connectivity index (χ3v) is 2.17. The molecule has 0 saturated heterocycles. The third kappa shape index (κ3) is 8.10. The zero-order valence-electron chi connectivity index (χ0n) is 10.6. The van der Waals surface area contributed by atoms with Crippen LogP contribution in [0.5, 0.6) is 0 Å². The van der Waals surface area contributed by atoms with Gasteiger partial charge >= 0.3 is 0 Å². The van der Waals surface area contributed by atoms with Crippen LogP contribution in [0, 0.1) is 5.92 Å². The summed E-state index contributed by atoms with van der Waals surface area (Å²) in [4.78, 5) is 0. The molecule has 0 N–H and O–H groups in total. The highest BCUT2D eigenvalue weighted by Gasteiger charge is 1.99. The van der Waals surface area contributed by atoms with E-state index in [1.807, 2.05) is 0 Å². The van der Waals surface area contributed by atoms with Crippen LogP contribution in [-0.2, 0) is 0 Å². The molecule has 82 valence electrons. The van der Waals surface area contributed by atoms with Crippen LogP contribution in [0.4, 0.5) is 0 Å². The number of hydrogen-bond donors (Lipinski definition) is 0. The average molecular weight is 194 g/mol. The number of allylic oxidation sites excluding steroid dienone is 4. The standard InChI is InChI=1S/C14H26/c1-6-7-8-14(11-13(4)5)10-9-12(2)3/h9-10,13H,6-8,11H2,1-5H3. The lowest BCUT2D eigenvalue weighted by atomic mass is 9.98. The lowest BCUT2D eigenvalue weighted by Gasteiger charge is -2.09. The molecule has 0 spiro atoms. The van der Waals surface area contributed by atoms with Crippen molar-refractivity contribution < 1.29 is 0 Å². The second-order valence-corrected chi connectivity index (χ2v) is 4.77. The molecule has 0 atom stereocenters. The fourth-order valence-electron chi connectivity index (χ4n) is 1.47. The molecule has 0 aromatic rings. The Bertz CT molecular complexity index is 190. The molecule has 0 aliphatic rings. The largest absolute Gasteiger partial charge is 0.0764 e. The minimum Gasteiger partial charge on any atom is -0.0764 e. The van der Waals surface area contributed by atoms with Crippen molar-refractivity contribution in [1.82, 2.24) is 0 Å². The lowest BCUT2D eigenvalue weighted by molar-refractivity contribution is 0.614. The van der Waals surface area contributed by atoms with Gasteiger partial charge in [-0.1, -0.05) is 50.5 Å². The molecule has 0 heteroatoms. The Labute approximate surface area is 90.1 Å². The highest BCUT2D eigenvalue weighted by Crippen LogP contribution is 2.17. The van der Waals surface area contributed by atoms with E-state index in [1.165, 1.54) is 31.3 Å². The van der Waals surface area contributed by atoms with E-state index in [0.29, 0.717) is 0 Å². The van der Waals surface area contributed by atoms with Crippen LogP contribution >= 0.6 is 0 Å². The Kier molecular flexibility index (Phi) is 7.55. The fourth-order valence-corrected chi connectivity index (χ4v) is 1.47. The summed E-state index contributed by atoms with van der Waals surface area (Å²) in [6, 6.07) is 0. The predicted molar refractivity (Wildman–Crippen MR) is 66.5 cm³/mol. The molecule has 0 nitrogen and oxygen atoms in total. The van der Waals surface area contributed by atoms with Crippen molar-refractivity contribution in [3.63, 3.8) is 0 Å². The van der Waals surface area contributed by atoms with Crippen LogP contribution in [0.15, 0.2) is 23.3 Å². The monoisotopic (exact) mass is 194 g/mol. The zero-order valence-corrected chi connectivity index (χ0v) is 10.6. The van der Waals surface area contributed by atoms with Gasteiger partial charge in [-0.15, -0.1) is 0 Å². The summed E-state index contributed by atoms with van der Waals surface area (Å²) in [5.41, 5.74) is 3.01. The third-order valence-electron chi connectivity index (χ3n) is 2.17. The van der Waals surface area contributed by atoms with Crippen molar-refractivity contribution in [2.75, 3.05) is 0 Å². The first kappa shape index (κ1) is 13.5. The molecule has 0 aliphatic heterocycles. The van der Waals surface area contributed by atoms with Gasteiger partial charge in [0.25, 0.3) is 0 Å². The van der Waals surface area contributed by atoms with E-state index in [4.69, 9.17) is 0 Å². The number of unbranched alkanes of at least 4 members (excludes halogenated alkanes) is 1. The van der Waals surface area contributed by atoms with E-state index in [9.17, 15) is 0 Å². The van der Waals surface area contributed by atoms with Crippen LogP contribution < -0.4 is 0 Å². The maximum Gasteiger partial charge on any atom is -0.0294 e. The van der Waals surface area contributed by atoms with Gasteiger partial charge < -0.3 is 0 Å². The molecule has 0 saturated carbocycles. The Morgan fingerprint density at radius 1 is 1.14 bits per heavy atom. The predicted octanol–water partition coefficient (Wildman–Crippen LogP) is 5.12. The first-order chi connectivity index (χ1) is 6.56. The van der Waals surface area contributed by atoms with Crippen LogP contribution in [-0.4, -0.2) is 0 Å². The van der Waals surface area contributed by atoms with E-state index >= 15 is 0 Å². The molecule has 0 bridgehead atoms. The van der Waals surface area contributed by atoms with E-state index in [-0.39, 0.29) is 0 Å². The Hall–Kier alpha value is -0.520. The van der Waals surface area contributed by atoms with Gasteiger partial charge in [0, 0.05) is 0 Å². The first-order valence-corrected chi connectivity index (χ1v) is 5.89. The number of hydrogen-bond acceptors (Lipinski definition) is 0. The molecule has 0 rings (SSSR count). The maximum atomic E-state index is 2.32. The topological polar surface area (TPSA) is 0 Å². The molecule has 0 radical (unpaired) electrons. The van der Waals surface area contributed by atoms with Crippen LogP contribution in [0.3, 0.4) is 0 Å². The molecule has 0 aromatic carbocycles. The first-order valence-electron chi connectivity index (χ1n) is 5.89. The molecule has 0 heterocycles. The summed E-state index contributed by atoms with van der Waals surface area (Å²) >= 11 is 0. The van der Waals surface area contributed by atoms with E-state index in [0.717, 1.165) is 5.92 Å². The van der Waals surface area contributed by atoms with E-state index in [1.54, 1.807) is 5.57 Å². The summed E-state index contributed by atoms with van der Waals surface area (Å²) in [6.07, 6.45) is 9.72. The smallest absolute Gasteiger partial charge is 0.0294 e. The summed E-state index contributed by atoms with van der Waals surface area (Å²) in [7, 11) is 0. The highest BCUT2D eigenvalue weighted by atomic mass is 14.1. The Morgan fingerprint density at radius 2 is 1.79 bits per heavy atom. The fraction of sp³-hybridized carbons (Fsp3) is 0.714. The summed E-state index contributed by atoms with van der Waals surface area (Å²) in [6.45, 7) is 11.2. The van der Waals surface area contributed by atoms with Gasteiger partial charge in [-0.3, -0.25) is 0 Å². The van der Waals surface area contributed by atoms with Gasteiger partial charge in [0.2, 0.25) is 0 Å². The van der Waals surface area contributed by atoms with Crippen molar-refractivity contribution in [3.8, 4) is 0 Å².